The van der Waals surface area contributed by atoms with Gasteiger partial charge in [0, 0.05) is 25.4 Å². The second kappa shape index (κ2) is 15.8. The Morgan fingerprint density at radius 2 is 1.35 bits per heavy atom. The fourth-order valence-corrected chi connectivity index (χ4v) is 10.9. The molecule has 2 atom stereocenters. The summed E-state index contributed by atoms with van der Waals surface area (Å²) in [6.07, 6.45) is 0.961. The summed E-state index contributed by atoms with van der Waals surface area (Å²) in [5.74, 6) is -1.58. The molecule has 9 heteroatoms. The van der Waals surface area contributed by atoms with Crippen molar-refractivity contribution in [1.82, 2.24) is 10.2 Å². The summed E-state index contributed by atoms with van der Waals surface area (Å²) in [5, 5.41) is 5.25. The number of rotatable bonds is 13. The number of alkyl carbamates (subject to hydrolysis) is 1. The van der Waals surface area contributed by atoms with Crippen molar-refractivity contribution in [3.05, 3.63) is 139 Å². The van der Waals surface area contributed by atoms with Gasteiger partial charge in [0.05, 0.1) is 19.1 Å². The number of nitrogens with zero attached hydrogens (tertiary/aromatic N) is 1. The number of nitrogens with one attached hydrogen (secondary N) is 1. The highest BCUT2D eigenvalue weighted by atomic mass is 31.2. The van der Waals surface area contributed by atoms with Crippen molar-refractivity contribution in [2.75, 3.05) is 13.7 Å². The molecule has 1 N–H and O–H groups in total. The summed E-state index contributed by atoms with van der Waals surface area (Å²) in [4.78, 5) is 56.1. The molecule has 5 rings (SSSR count). The monoisotopic (exact) mass is 676 g/mol. The average molecular weight is 677 g/mol. The number of β-lactam (4-membered cyclic amide) rings is 1. The van der Waals surface area contributed by atoms with Gasteiger partial charge in [-0.3, -0.25) is 9.59 Å². The van der Waals surface area contributed by atoms with Crippen molar-refractivity contribution in [2.24, 2.45) is 11.8 Å². The van der Waals surface area contributed by atoms with Crippen LogP contribution in [0.3, 0.4) is 0 Å². The van der Waals surface area contributed by atoms with Crippen LogP contribution in [0.25, 0.3) is 0 Å². The smallest absolute Gasteiger partial charge is 0.407 e. The Balaban J connectivity index is 1.71. The summed E-state index contributed by atoms with van der Waals surface area (Å²) in [5.41, 5.74) is 1.50. The van der Waals surface area contributed by atoms with Gasteiger partial charge in [-0.05, 0) is 27.4 Å². The zero-order valence-corrected chi connectivity index (χ0v) is 28.8. The van der Waals surface area contributed by atoms with Crippen molar-refractivity contribution in [2.45, 2.75) is 32.9 Å². The van der Waals surface area contributed by atoms with E-state index in [1.807, 2.05) is 105 Å². The number of Topliss-reactive ketones (excluding diaryl/α,β-unsaturated/α-hetero) is 1. The van der Waals surface area contributed by atoms with E-state index < -0.39 is 30.9 Å². The number of likely N-dealkylation sites (tertiary alicyclic amines) is 1. The average Bonchev–Trinajstić information content (AvgIpc) is 3.13. The van der Waals surface area contributed by atoms with Gasteiger partial charge in [0.15, 0.2) is 5.78 Å². The first-order valence-corrected chi connectivity index (χ1v) is 18.0. The third-order valence-electron chi connectivity index (χ3n) is 8.77. The van der Waals surface area contributed by atoms with E-state index in [-0.39, 0.29) is 42.6 Å². The van der Waals surface area contributed by atoms with E-state index in [1.54, 1.807) is 29.2 Å². The van der Waals surface area contributed by atoms with Crippen LogP contribution >= 0.6 is 6.89 Å². The lowest BCUT2D eigenvalue weighted by molar-refractivity contribution is -0.153. The number of carbonyl (C=O) groups excluding carboxylic acids is 4. The summed E-state index contributed by atoms with van der Waals surface area (Å²) in [6, 6.07) is 35.7. The summed E-state index contributed by atoms with van der Waals surface area (Å²) in [6.45, 7) is 4.78. The number of esters is 1. The molecule has 4 aromatic carbocycles. The zero-order chi connectivity index (χ0) is 35.0. The number of amides is 2. The lowest BCUT2D eigenvalue weighted by Crippen LogP contribution is -2.67. The van der Waals surface area contributed by atoms with E-state index in [0.717, 1.165) is 21.5 Å². The molecule has 0 aromatic heterocycles. The lowest BCUT2D eigenvalue weighted by atomic mass is 9.76. The fraction of sp³-hybridized carbons (Fsp3) is 0.225. The molecule has 1 aliphatic rings. The molecule has 1 heterocycles. The molecule has 0 radical (unpaired) electrons. The van der Waals surface area contributed by atoms with Gasteiger partial charge in [-0.2, -0.15) is 0 Å². The van der Waals surface area contributed by atoms with Crippen molar-refractivity contribution in [3.8, 4) is 0 Å². The molecule has 1 fully saturated rings. The van der Waals surface area contributed by atoms with Gasteiger partial charge in [0.25, 0.3) is 0 Å². The fourth-order valence-electron chi connectivity index (χ4n) is 6.50. The molecule has 0 spiro atoms. The van der Waals surface area contributed by atoms with Crippen LogP contribution in [0.5, 0.6) is 0 Å². The second-order valence-corrected chi connectivity index (χ2v) is 15.4. The lowest BCUT2D eigenvalue weighted by Gasteiger charge is -2.51. The molecule has 1 saturated heterocycles. The summed E-state index contributed by atoms with van der Waals surface area (Å²) >= 11 is 0. The molecule has 4 aromatic rings. The minimum Gasteiger partial charge on any atom is -0.457 e. The first kappa shape index (κ1) is 35.1. The Kier molecular flexibility index (Phi) is 11.3. The largest absolute Gasteiger partial charge is 0.457 e. The molecule has 0 unspecified atom stereocenters. The summed E-state index contributed by atoms with van der Waals surface area (Å²) < 4.78 is 10.5. The van der Waals surface area contributed by atoms with Crippen LogP contribution in [0.2, 0.25) is 0 Å². The van der Waals surface area contributed by atoms with E-state index in [0.29, 0.717) is 5.56 Å². The first-order chi connectivity index (χ1) is 23.7. The van der Waals surface area contributed by atoms with E-state index >= 15 is 0 Å². The highest BCUT2D eigenvalue weighted by molar-refractivity contribution is 7.96. The van der Waals surface area contributed by atoms with Gasteiger partial charge >= 0.3 is 12.1 Å². The third kappa shape index (κ3) is 7.15. The molecule has 2 amide bonds. The number of benzene rings is 4. The van der Waals surface area contributed by atoms with Crippen LogP contribution in [0.1, 0.15) is 36.2 Å². The highest BCUT2D eigenvalue weighted by Crippen LogP contribution is 2.50. The molecule has 1 aliphatic heterocycles. The third-order valence-corrected chi connectivity index (χ3v) is 13.0. The van der Waals surface area contributed by atoms with E-state index in [9.17, 15) is 19.2 Å². The number of ether oxygens (including phenoxy) is 2. The van der Waals surface area contributed by atoms with Gasteiger partial charge in [-0.25, -0.2) is 9.59 Å². The number of carbonyl (C=O) groups is 4. The van der Waals surface area contributed by atoms with Crippen molar-refractivity contribution < 1.29 is 28.7 Å². The van der Waals surface area contributed by atoms with Crippen LogP contribution in [0.15, 0.2) is 128 Å². The van der Waals surface area contributed by atoms with Gasteiger partial charge in [-0.1, -0.05) is 142 Å². The molecular formula is C40H41N2O6P. The Morgan fingerprint density at radius 3 is 1.80 bits per heavy atom. The molecule has 0 saturated carbocycles. The molecular weight excluding hydrogens is 635 g/mol. The Morgan fingerprint density at radius 1 is 0.837 bits per heavy atom. The van der Waals surface area contributed by atoms with Gasteiger partial charge < -0.3 is 19.7 Å². The molecule has 8 nitrogen and oxygen atoms in total. The maximum atomic E-state index is 14.6. The zero-order valence-electron chi connectivity index (χ0n) is 28.0. The Hall–Kier alpha value is -5.20. The van der Waals surface area contributed by atoms with Crippen LogP contribution in [-0.4, -0.2) is 53.8 Å². The topological polar surface area (TPSA) is 102 Å². The van der Waals surface area contributed by atoms with Gasteiger partial charge in [0.2, 0.25) is 5.91 Å². The number of methoxy groups -OCH3 is 1. The van der Waals surface area contributed by atoms with Crippen molar-refractivity contribution in [1.29, 1.82) is 0 Å². The normalized spacial score (nSPS) is 15.6. The van der Waals surface area contributed by atoms with Crippen LogP contribution in [-0.2, 0) is 25.6 Å². The van der Waals surface area contributed by atoms with Gasteiger partial charge in [0.1, 0.15) is 12.0 Å². The SMILES string of the molecule is C=CCOC(=O)C(N1C(=O)[C@H](C(C)C)[C@H]1CC(=O)c1ccc(CNC(=O)OC)cc1)=P(c1ccccc1)(c1ccccc1)c1ccccc1. The number of ketones is 1. The van der Waals surface area contributed by atoms with Crippen molar-refractivity contribution in [3.63, 3.8) is 0 Å². The predicted molar refractivity (Wildman–Crippen MR) is 195 cm³/mol. The minimum atomic E-state index is -3.10. The molecule has 0 bridgehead atoms. The van der Waals surface area contributed by atoms with Crippen molar-refractivity contribution >= 4 is 52.0 Å². The van der Waals surface area contributed by atoms with Crippen LogP contribution in [0.4, 0.5) is 4.79 Å². The van der Waals surface area contributed by atoms with E-state index in [4.69, 9.17) is 4.74 Å². The Labute approximate surface area is 287 Å². The van der Waals surface area contributed by atoms with Gasteiger partial charge in [-0.15, -0.1) is 0 Å². The highest BCUT2D eigenvalue weighted by Gasteiger charge is 2.55. The number of hydrogen-bond donors (Lipinski definition) is 1. The van der Waals surface area contributed by atoms with Crippen LogP contribution in [0, 0.1) is 11.8 Å². The molecule has 49 heavy (non-hydrogen) atoms. The molecule has 252 valence electrons. The maximum absolute atomic E-state index is 14.6. The predicted octanol–water partition coefficient (Wildman–Crippen LogP) is 5.45. The Bertz CT molecular complexity index is 1750. The maximum Gasteiger partial charge on any atom is 0.407 e. The minimum absolute atomic E-state index is 0.00491. The van der Waals surface area contributed by atoms with Crippen LogP contribution < -0.4 is 21.2 Å². The first-order valence-electron chi connectivity index (χ1n) is 16.2. The quantitative estimate of drug-likeness (QED) is 0.0665. The second-order valence-electron chi connectivity index (χ2n) is 12.1. The van der Waals surface area contributed by atoms with E-state index in [1.165, 1.54) is 13.2 Å². The number of hydrogen-bond acceptors (Lipinski definition) is 6. The summed E-state index contributed by atoms with van der Waals surface area (Å²) in [7, 11) is 1.30. The standard InChI is InChI=1S/C40H41N2O6P/c1-5-25-48-39(45)38(49(31-15-9-6-10-16-31,32-17-11-7-12-18-32)33-19-13-8-14-20-33)42-34(36(28(2)3)37(42)44)26-35(43)30-23-21-29(22-24-30)27-41-40(46)47-4/h5-24,28,34,36H,1,25-27H2,2-4H3,(H,41,46)/t34-,36-/m1/s1. The van der Waals surface area contributed by atoms with E-state index in [2.05, 4.69) is 16.6 Å². The molecule has 0 aliphatic carbocycles.